The summed E-state index contributed by atoms with van der Waals surface area (Å²) in [6.45, 7) is 7.92. The number of nitrogens with two attached hydrogens (primary N) is 1. The highest BCUT2D eigenvalue weighted by Crippen LogP contribution is 2.30. The summed E-state index contributed by atoms with van der Waals surface area (Å²) in [5, 5.41) is 12.0. The van der Waals surface area contributed by atoms with Crippen LogP contribution in [0.15, 0.2) is 23.6 Å². The predicted molar refractivity (Wildman–Crippen MR) is 118 cm³/mol. The van der Waals surface area contributed by atoms with Crippen LogP contribution in [0.4, 0.5) is 11.4 Å². The van der Waals surface area contributed by atoms with Crippen LogP contribution in [0.5, 0.6) is 0 Å². The molecule has 5 N–H and O–H groups in total. The van der Waals surface area contributed by atoms with Crippen LogP contribution in [0.3, 0.4) is 0 Å². The summed E-state index contributed by atoms with van der Waals surface area (Å²) < 4.78 is 0. The van der Waals surface area contributed by atoms with Gasteiger partial charge in [-0.25, -0.2) is 0 Å². The monoisotopic (exact) mass is 438 g/mol. The molecule has 2 unspecified atom stereocenters. The predicted octanol–water partition coefficient (Wildman–Crippen LogP) is 0.344. The van der Waals surface area contributed by atoms with E-state index in [-0.39, 0.29) is 10.9 Å². The molecule has 0 radical (unpaired) electrons. The Kier molecular flexibility index (Phi) is 7.25. The van der Waals surface area contributed by atoms with Crippen LogP contribution in [-0.2, 0) is 4.79 Å². The number of likely N-dealkylation sites (N-methyl/N-ethyl adjacent to an activating group) is 1. The Morgan fingerprint density at radius 3 is 2.73 bits per heavy atom. The quantitative estimate of drug-likeness (QED) is 0.370. The highest BCUT2D eigenvalue weighted by atomic mass is 35.5. The smallest absolute Gasteiger partial charge is 0.234 e. The molecule has 0 spiro atoms. The Balaban J connectivity index is 1.79. The molecule has 0 bridgehead atoms. The lowest BCUT2D eigenvalue weighted by Gasteiger charge is -2.46. The van der Waals surface area contributed by atoms with E-state index in [2.05, 4.69) is 56.8 Å². The van der Waals surface area contributed by atoms with Gasteiger partial charge in [0.15, 0.2) is 6.17 Å². The summed E-state index contributed by atoms with van der Waals surface area (Å²) in [6, 6.07) is 1.89. The molecule has 2 fully saturated rings. The Morgan fingerprint density at radius 2 is 2.10 bits per heavy atom. The number of halogens is 1. The van der Waals surface area contributed by atoms with Gasteiger partial charge in [-0.3, -0.25) is 25.3 Å². The van der Waals surface area contributed by atoms with Crippen LogP contribution in [0, 0.1) is 10.8 Å². The zero-order valence-corrected chi connectivity index (χ0v) is 18.4. The molecule has 11 heteroatoms. The van der Waals surface area contributed by atoms with E-state index >= 15 is 0 Å². The summed E-state index contributed by atoms with van der Waals surface area (Å²) in [7, 11) is 2.11. The average Bonchev–Trinajstić information content (AvgIpc) is 2.72. The largest absolute Gasteiger partial charge is 0.367 e. The Hall–Kier alpha value is -1.85. The lowest BCUT2D eigenvalue weighted by atomic mass is 9.98. The minimum absolute atomic E-state index is 0.0107. The van der Waals surface area contributed by atoms with Crippen LogP contribution >= 0.6 is 11.6 Å². The van der Waals surface area contributed by atoms with Crippen LogP contribution < -0.4 is 26.6 Å². The number of carbonyl (C=O) groups excluding carboxylic acids is 1. The molecule has 1 aromatic rings. The number of hydrogen-bond donors (Lipinski definition) is 4. The SMILES string of the molecule is CN1CCN(c2ccncc2NC(=O)C(C(N)N=O)C2NCC(Cl)CN2)CC1(C)C. The van der Waals surface area contributed by atoms with Crippen molar-refractivity contribution in [3.8, 4) is 0 Å². The molecule has 3 rings (SSSR count). The maximum absolute atomic E-state index is 13.2. The average molecular weight is 439 g/mol. The number of carbonyl (C=O) groups is 1. The molecular weight excluding hydrogens is 408 g/mol. The number of amides is 1. The van der Waals surface area contributed by atoms with E-state index in [0.717, 1.165) is 25.3 Å². The van der Waals surface area contributed by atoms with E-state index in [1.807, 2.05) is 6.07 Å². The van der Waals surface area contributed by atoms with Crippen molar-refractivity contribution in [1.29, 1.82) is 0 Å². The fraction of sp³-hybridized carbons (Fsp3) is 0.684. The van der Waals surface area contributed by atoms with Crippen LogP contribution in [-0.4, -0.2) is 78.8 Å². The fourth-order valence-corrected chi connectivity index (χ4v) is 4.08. The maximum Gasteiger partial charge on any atom is 0.234 e. The minimum atomic E-state index is -1.20. The molecule has 2 saturated heterocycles. The second-order valence-electron chi connectivity index (χ2n) is 8.55. The second kappa shape index (κ2) is 9.52. The van der Waals surface area contributed by atoms with Gasteiger partial charge >= 0.3 is 0 Å². The van der Waals surface area contributed by atoms with Gasteiger partial charge in [0.1, 0.15) is 5.92 Å². The van der Waals surface area contributed by atoms with Gasteiger partial charge in [0, 0.05) is 44.5 Å². The summed E-state index contributed by atoms with van der Waals surface area (Å²) in [5.74, 6) is -1.30. The highest BCUT2D eigenvalue weighted by Gasteiger charge is 2.37. The molecule has 1 aromatic heterocycles. The number of aromatic nitrogens is 1. The molecule has 1 amide bonds. The summed E-state index contributed by atoms with van der Waals surface area (Å²) >= 11 is 6.09. The van der Waals surface area contributed by atoms with Crippen molar-refractivity contribution in [3.63, 3.8) is 0 Å². The van der Waals surface area contributed by atoms with E-state index < -0.39 is 24.2 Å². The van der Waals surface area contributed by atoms with Crippen molar-refractivity contribution in [2.45, 2.75) is 37.1 Å². The lowest BCUT2D eigenvalue weighted by Crippen LogP contribution is -2.62. The number of piperazine rings is 1. The van der Waals surface area contributed by atoms with Crippen molar-refractivity contribution in [3.05, 3.63) is 23.4 Å². The van der Waals surface area contributed by atoms with Gasteiger partial charge in [-0.15, -0.1) is 16.5 Å². The molecule has 2 aliphatic rings. The van der Waals surface area contributed by atoms with Gasteiger partial charge in [0.2, 0.25) is 5.91 Å². The molecule has 30 heavy (non-hydrogen) atoms. The number of hydrogen-bond acceptors (Lipinski definition) is 9. The first-order chi connectivity index (χ1) is 14.2. The number of rotatable bonds is 6. The first-order valence-electron chi connectivity index (χ1n) is 10.1. The van der Waals surface area contributed by atoms with Crippen LogP contribution in [0.1, 0.15) is 13.8 Å². The van der Waals surface area contributed by atoms with Crippen molar-refractivity contribution in [2.24, 2.45) is 16.8 Å². The van der Waals surface area contributed by atoms with Gasteiger partial charge in [-0.1, -0.05) is 5.18 Å². The molecule has 2 aliphatic heterocycles. The van der Waals surface area contributed by atoms with E-state index in [1.54, 1.807) is 12.4 Å². The first-order valence-corrected chi connectivity index (χ1v) is 10.6. The highest BCUT2D eigenvalue weighted by molar-refractivity contribution is 6.21. The molecule has 166 valence electrons. The van der Waals surface area contributed by atoms with Gasteiger partial charge in [-0.2, -0.15) is 0 Å². The molecule has 3 heterocycles. The third-order valence-electron chi connectivity index (χ3n) is 5.98. The zero-order valence-electron chi connectivity index (χ0n) is 17.6. The minimum Gasteiger partial charge on any atom is -0.367 e. The van der Waals surface area contributed by atoms with E-state index in [4.69, 9.17) is 17.3 Å². The number of nitrogens with zero attached hydrogens (tertiary/aromatic N) is 4. The normalized spacial score (nSPS) is 26.6. The first kappa shape index (κ1) is 22.8. The van der Waals surface area contributed by atoms with Crippen LogP contribution in [0.2, 0.25) is 0 Å². The third-order valence-corrected chi connectivity index (χ3v) is 6.29. The standard InChI is InChI=1S/C19H31ClN8O2/c1-19(2)11-28(7-6-27(19)3)14-4-5-22-10-13(14)25-18(29)15(16(21)26-30)17-23-8-12(20)9-24-17/h4-5,10,12,15-17,23-24H,6-9,11,21H2,1-3H3,(H,25,29). The number of alkyl halides is 1. The summed E-state index contributed by atoms with van der Waals surface area (Å²) in [6.07, 6.45) is 1.61. The molecule has 0 aliphatic carbocycles. The molecular formula is C19H31ClN8O2. The molecule has 0 saturated carbocycles. The van der Waals surface area contributed by atoms with E-state index in [1.165, 1.54) is 0 Å². The summed E-state index contributed by atoms with van der Waals surface area (Å²) in [5.41, 5.74) is 7.34. The summed E-state index contributed by atoms with van der Waals surface area (Å²) in [4.78, 5) is 33.0. The number of anilines is 2. The van der Waals surface area contributed by atoms with Gasteiger partial charge in [-0.05, 0) is 27.0 Å². The zero-order chi connectivity index (χ0) is 21.9. The van der Waals surface area contributed by atoms with Gasteiger partial charge < -0.3 is 16.0 Å². The number of nitroso groups, excluding NO2 is 1. The van der Waals surface area contributed by atoms with E-state index in [9.17, 15) is 9.70 Å². The fourth-order valence-electron chi connectivity index (χ4n) is 3.90. The van der Waals surface area contributed by atoms with Crippen molar-refractivity contribution in [2.75, 3.05) is 50.0 Å². The Morgan fingerprint density at radius 1 is 1.40 bits per heavy atom. The maximum atomic E-state index is 13.2. The topological polar surface area (TPSA) is 128 Å². The molecule has 0 aromatic carbocycles. The lowest BCUT2D eigenvalue weighted by molar-refractivity contribution is -0.121. The van der Waals surface area contributed by atoms with Crippen molar-refractivity contribution in [1.82, 2.24) is 20.5 Å². The van der Waals surface area contributed by atoms with Crippen molar-refractivity contribution >= 4 is 28.9 Å². The Bertz CT molecular complexity index is 756. The second-order valence-corrected chi connectivity index (χ2v) is 9.17. The molecule has 2 atom stereocenters. The van der Waals surface area contributed by atoms with E-state index in [0.29, 0.717) is 18.8 Å². The number of pyridine rings is 1. The van der Waals surface area contributed by atoms with Crippen LogP contribution in [0.25, 0.3) is 0 Å². The van der Waals surface area contributed by atoms with Gasteiger partial charge in [0.25, 0.3) is 0 Å². The number of nitrogens with one attached hydrogen (secondary N) is 3. The Labute approximate surface area is 181 Å². The van der Waals surface area contributed by atoms with Crippen molar-refractivity contribution < 1.29 is 4.79 Å². The van der Waals surface area contributed by atoms with Gasteiger partial charge in [0.05, 0.1) is 29.1 Å². The molecule has 10 nitrogen and oxygen atoms in total. The third kappa shape index (κ3) is 5.06.